The number of rotatable bonds is 7. The monoisotopic (exact) mass is 482 g/mol. The first kappa shape index (κ1) is 21.7. The molecule has 162 valence electrons. The molecule has 31 heavy (non-hydrogen) atoms. The summed E-state index contributed by atoms with van der Waals surface area (Å²) in [4.78, 5) is 17.7. The molecule has 1 aliphatic heterocycles. The highest BCUT2D eigenvalue weighted by Crippen LogP contribution is 2.24. The predicted molar refractivity (Wildman–Crippen MR) is 125 cm³/mol. The van der Waals surface area contributed by atoms with Gasteiger partial charge in [0.1, 0.15) is 0 Å². The van der Waals surface area contributed by atoms with E-state index in [4.69, 9.17) is 4.52 Å². The van der Waals surface area contributed by atoms with E-state index in [1.54, 1.807) is 6.07 Å². The first-order valence-corrected chi connectivity index (χ1v) is 11.5. The largest absolute Gasteiger partial charge is 0.355 e. The number of hydrogen-bond acceptors (Lipinski definition) is 5. The van der Waals surface area contributed by atoms with Crippen LogP contribution in [0.15, 0.2) is 69.7 Å². The Balaban J connectivity index is 1.43. The lowest BCUT2D eigenvalue weighted by atomic mass is 10.0. The zero-order valence-electron chi connectivity index (χ0n) is 17.6. The van der Waals surface area contributed by atoms with Gasteiger partial charge < -0.3 is 14.7 Å². The number of nitrogens with zero attached hydrogens (tertiary/aromatic N) is 3. The second-order valence-electron chi connectivity index (χ2n) is 7.69. The number of carbonyl (C=O) groups excluding carboxylic acids is 1. The summed E-state index contributed by atoms with van der Waals surface area (Å²) in [6, 6.07) is 19.9. The van der Waals surface area contributed by atoms with Gasteiger partial charge in [-0.05, 0) is 24.2 Å². The smallest absolute Gasteiger partial charge is 0.273 e. The molecule has 1 saturated heterocycles. The van der Waals surface area contributed by atoms with Crippen molar-refractivity contribution < 1.29 is 9.32 Å². The van der Waals surface area contributed by atoms with E-state index in [2.05, 4.69) is 67.4 Å². The highest BCUT2D eigenvalue weighted by Gasteiger charge is 2.25. The fourth-order valence-corrected chi connectivity index (χ4v) is 4.20. The van der Waals surface area contributed by atoms with E-state index >= 15 is 0 Å². The Morgan fingerprint density at radius 3 is 2.48 bits per heavy atom. The maximum atomic E-state index is 12.8. The number of piperazine rings is 1. The first-order valence-electron chi connectivity index (χ1n) is 10.7. The van der Waals surface area contributed by atoms with Crippen LogP contribution in [-0.4, -0.2) is 60.1 Å². The summed E-state index contributed by atoms with van der Waals surface area (Å²) in [6.07, 6.45) is 0. The van der Waals surface area contributed by atoms with Gasteiger partial charge in [-0.25, -0.2) is 0 Å². The van der Waals surface area contributed by atoms with Crippen LogP contribution in [0, 0.1) is 0 Å². The number of amides is 1. The van der Waals surface area contributed by atoms with Gasteiger partial charge in [-0.3, -0.25) is 9.69 Å². The minimum Gasteiger partial charge on any atom is -0.355 e. The van der Waals surface area contributed by atoms with Crippen molar-refractivity contribution in [2.75, 3.05) is 39.3 Å². The molecule has 1 aromatic heterocycles. The average molecular weight is 483 g/mol. The van der Waals surface area contributed by atoms with E-state index in [1.165, 1.54) is 5.56 Å². The summed E-state index contributed by atoms with van der Waals surface area (Å²) in [5.74, 6) is 0.355. The van der Waals surface area contributed by atoms with Crippen molar-refractivity contribution in [3.8, 4) is 11.3 Å². The van der Waals surface area contributed by atoms with Crippen LogP contribution in [0.4, 0.5) is 0 Å². The Morgan fingerprint density at radius 1 is 1.10 bits per heavy atom. The van der Waals surface area contributed by atoms with Gasteiger partial charge in [-0.1, -0.05) is 70.5 Å². The number of carbonyl (C=O) groups is 1. The highest BCUT2D eigenvalue weighted by atomic mass is 79.9. The summed E-state index contributed by atoms with van der Waals surface area (Å²) in [5, 5.41) is 7.05. The van der Waals surface area contributed by atoms with Crippen LogP contribution in [0.5, 0.6) is 0 Å². The molecule has 3 aromatic rings. The summed E-state index contributed by atoms with van der Waals surface area (Å²) < 4.78 is 6.39. The molecule has 0 bridgehead atoms. The van der Waals surface area contributed by atoms with E-state index < -0.39 is 0 Å². The van der Waals surface area contributed by atoms with Gasteiger partial charge in [0.05, 0.1) is 6.04 Å². The molecular weight excluding hydrogens is 456 g/mol. The second kappa shape index (κ2) is 10.2. The van der Waals surface area contributed by atoms with Gasteiger partial charge in [0.15, 0.2) is 11.5 Å². The van der Waals surface area contributed by atoms with Crippen LogP contribution in [0.1, 0.15) is 29.0 Å². The number of hydrogen-bond donors (Lipinski definition) is 1. The molecule has 1 fully saturated rings. The van der Waals surface area contributed by atoms with E-state index in [9.17, 15) is 4.79 Å². The summed E-state index contributed by atoms with van der Waals surface area (Å²) >= 11 is 3.42. The molecule has 1 atom stereocenters. The number of halogens is 1. The van der Waals surface area contributed by atoms with Gasteiger partial charge in [0, 0.05) is 48.8 Å². The van der Waals surface area contributed by atoms with Crippen LogP contribution in [-0.2, 0) is 0 Å². The molecule has 7 heteroatoms. The predicted octanol–water partition coefficient (Wildman–Crippen LogP) is 4.21. The van der Waals surface area contributed by atoms with Gasteiger partial charge >= 0.3 is 0 Å². The topological polar surface area (TPSA) is 61.6 Å². The van der Waals surface area contributed by atoms with Crippen LogP contribution in [0.3, 0.4) is 0 Å². The Bertz CT molecular complexity index is 982. The van der Waals surface area contributed by atoms with Crippen LogP contribution in [0.25, 0.3) is 11.3 Å². The standard InChI is InChI=1S/C24H27BrN4O2/c1-2-28-12-14-29(15-13-28)22(18-6-4-3-5-7-18)17-26-24(30)21-16-23(31-27-21)19-8-10-20(25)11-9-19/h3-11,16,22H,2,12-15,17H2,1H3,(H,26,30). The lowest BCUT2D eigenvalue weighted by molar-refractivity contribution is 0.0849. The molecular formula is C24H27BrN4O2. The molecule has 0 radical (unpaired) electrons. The van der Waals surface area contributed by atoms with Gasteiger partial charge in [0.25, 0.3) is 5.91 Å². The third-order valence-corrected chi connectivity index (χ3v) is 6.34. The highest BCUT2D eigenvalue weighted by molar-refractivity contribution is 9.10. The SMILES string of the molecule is CCN1CCN(C(CNC(=O)c2cc(-c3ccc(Br)cc3)on2)c2ccccc2)CC1. The molecule has 0 saturated carbocycles. The minimum atomic E-state index is -0.222. The van der Waals surface area contributed by atoms with Crippen molar-refractivity contribution in [2.24, 2.45) is 0 Å². The van der Waals surface area contributed by atoms with Crippen molar-refractivity contribution in [1.29, 1.82) is 0 Å². The zero-order valence-corrected chi connectivity index (χ0v) is 19.2. The zero-order chi connectivity index (χ0) is 21.6. The van der Waals surface area contributed by atoms with Crippen LogP contribution < -0.4 is 5.32 Å². The van der Waals surface area contributed by atoms with Gasteiger partial charge in [-0.2, -0.15) is 0 Å². The molecule has 6 nitrogen and oxygen atoms in total. The molecule has 1 amide bonds. The van der Waals surface area contributed by atoms with Crippen LogP contribution >= 0.6 is 15.9 Å². The van der Waals surface area contributed by atoms with Crippen molar-refractivity contribution in [2.45, 2.75) is 13.0 Å². The third-order valence-electron chi connectivity index (χ3n) is 5.81. The van der Waals surface area contributed by atoms with Gasteiger partial charge in [0.2, 0.25) is 0 Å². The van der Waals surface area contributed by atoms with Crippen molar-refractivity contribution in [3.05, 3.63) is 76.4 Å². The van der Waals surface area contributed by atoms with Crippen molar-refractivity contribution in [1.82, 2.24) is 20.3 Å². The third kappa shape index (κ3) is 5.42. The number of nitrogens with one attached hydrogen (secondary N) is 1. The molecule has 1 unspecified atom stereocenters. The number of benzene rings is 2. The molecule has 0 spiro atoms. The quantitative estimate of drug-likeness (QED) is 0.546. The fourth-order valence-electron chi connectivity index (χ4n) is 3.94. The summed E-state index contributed by atoms with van der Waals surface area (Å²) in [6.45, 7) is 7.87. The minimum absolute atomic E-state index is 0.127. The normalized spacial score (nSPS) is 16.2. The average Bonchev–Trinajstić information content (AvgIpc) is 3.31. The molecule has 1 N–H and O–H groups in total. The Morgan fingerprint density at radius 2 is 1.81 bits per heavy atom. The first-order chi connectivity index (χ1) is 15.1. The van der Waals surface area contributed by atoms with E-state index in [0.717, 1.165) is 42.8 Å². The lowest BCUT2D eigenvalue weighted by Crippen LogP contribution is -2.49. The molecule has 4 rings (SSSR count). The molecule has 1 aliphatic rings. The van der Waals surface area contributed by atoms with Crippen LogP contribution in [0.2, 0.25) is 0 Å². The number of likely N-dealkylation sites (N-methyl/N-ethyl adjacent to an activating group) is 1. The number of aromatic nitrogens is 1. The maximum Gasteiger partial charge on any atom is 0.273 e. The van der Waals surface area contributed by atoms with Gasteiger partial charge in [-0.15, -0.1) is 0 Å². The Hall–Kier alpha value is -2.48. The lowest BCUT2D eigenvalue weighted by Gasteiger charge is -2.39. The van der Waals surface area contributed by atoms with E-state index in [1.807, 2.05) is 30.3 Å². The Labute approximate surface area is 191 Å². The molecule has 0 aliphatic carbocycles. The maximum absolute atomic E-state index is 12.8. The molecule has 2 heterocycles. The molecule has 2 aromatic carbocycles. The second-order valence-corrected chi connectivity index (χ2v) is 8.61. The van der Waals surface area contributed by atoms with E-state index in [0.29, 0.717) is 18.0 Å². The summed E-state index contributed by atoms with van der Waals surface area (Å²) in [7, 11) is 0. The summed E-state index contributed by atoms with van der Waals surface area (Å²) in [5.41, 5.74) is 2.38. The van der Waals surface area contributed by atoms with Crippen molar-refractivity contribution >= 4 is 21.8 Å². The van der Waals surface area contributed by atoms with E-state index in [-0.39, 0.29) is 11.9 Å². The fraction of sp³-hybridized carbons (Fsp3) is 0.333. The van der Waals surface area contributed by atoms with Crippen molar-refractivity contribution in [3.63, 3.8) is 0 Å². The Kier molecular flexibility index (Phi) is 7.17.